The molecule has 0 aliphatic rings. The van der Waals surface area contributed by atoms with Crippen molar-refractivity contribution >= 4 is 29.5 Å². The van der Waals surface area contributed by atoms with Gasteiger partial charge in [0.25, 0.3) is 0 Å². The molecule has 170 valence electrons. The maximum Gasteiger partial charge on any atom is 0.343 e. The van der Waals surface area contributed by atoms with Gasteiger partial charge in [-0.15, -0.1) is 0 Å². The van der Waals surface area contributed by atoms with Crippen LogP contribution >= 0.6 is 11.6 Å². The summed E-state index contributed by atoms with van der Waals surface area (Å²) in [6, 6.07) is 33.5. The predicted octanol–water partition coefficient (Wildman–Crippen LogP) is 7.16. The van der Waals surface area contributed by atoms with E-state index in [1.165, 1.54) is 0 Å². The summed E-state index contributed by atoms with van der Waals surface area (Å²) in [4.78, 5) is 17.3. The first-order chi connectivity index (χ1) is 17.2. The molecule has 0 aliphatic heterocycles. The topological polar surface area (TPSA) is 56.5 Å². The molecule has 0 aliphatic carbocycles. The number of ether oxygens (including phenoxy) is 1. The summed E-state index contributed by atoms with van der Waals surface area (Å²) in [6.45, 7) is 0. The predicted molar refractivity (Wildman–Crippen MR) is 139 cm³/mol. The highest BCUT2D eigenvalue weighted by Crippen LogP contribution is 2.31. The lowest BCUT2D eigenvalue weighted by molar-refractivity contribution is 0.0734. The number of carbonyl (C=O) groups excluding carboxylic acids is 1. The Bertz CT molecular complexity index is 1480. The molecular weight excluding hydrogens is 458 g/mol. The van der Waals surface area contributed by atoms with Gasteiger partial charge in [-0.1, -0.05) is 72.3 Å². The van der Waals surface area contributed by atoms with E-state index in [0.717, 1.165) is 11.3 Å². The summed E-state index contributed by atoms with van der Waals surface area (Å²) in [7, 11) is 0. The molecule has 4 aromatic carbocycles. The number of aromatic nitrogens is 2. The van der Waals surface area contributed by atoms with Crippen molar-refractivity contribution in [2.45, 2.75) is 0 Å². The Balaban J connectivity index is 1.50. The largest absolute Gasteiger partial charge is 0.422 e. The number of hydrogen-bond donors (Lipinski definition) is 0. The summed E-state index contributed by atoms with van der Waals surface area (Å²) in [5.74, 6) is -0.00111. The number of carbonyl (C=O) groups is 1. The van der Waals surface area contributed by atoms with Crippen molar-refractivity contribution in [3.63, 3.8) is 0 Å². The number of halogens is 1. The summed E-state index contributed by atoms with van der Waals surface area (Å²) >= 11 is 6.09. The lowest BCUT2D eigenvalue weighted by Gasteiger charge is -2.07. The molecule has 0 N–H and O–H groups in total. The van der Waals surface area contributed by atoms with E-state index in [2.05, 4.69) is 0 Å². The fraction of sp³-hybridized carbons (Fsp3) is 0. The molecule has 5 aromatic rings. The number of nitrogens with zero attached hydrogens (tertiary/aromatic N) is 3. The van der Waals surface area contributed by atoms with Gasteiger partial charge < -0.3 is 4.74 Å². The van der Waals surface area contributed by atoms with Crippen molar-refractivity contribution in [1.29, 1.82) is 0 Å². The molecule has 0 saturated carbocycles. The van der Waals surface area contributed by atoms with Crippen LogP contribution in [-0.4, -0.2) is 22.0 Å². The van der Waals surface area contributed by atoms with Crippen molar-refractivity contribution < 1.29 is 9.53 Å². The first-order valence-corrected chi connectivity index (χ1v) is 11.4. The van der Waals surface area contributed by atoms with Gasteiger partial charge in [-0.2, -0.15) is 5.10 Å². The van der Waals surface area contributed by atoms with Crippen LogP contribution in [-0.2, 0) is 0 Å². The molecule has 0 bridgehead atoms. The zero-order valence-corrected chi connectivity index (χ0v) is 19.3. The number of para-hydroxylation sites is 2. The highest BCUT2D eigenvalue weighted by Gasteiger charge is 2.13. The quantitative estimate of drug-likeness (QED) is 0.148. The van der Waals surface area contributed by atoms with Crippen LogP contribution in [0.5, 0.6) is 5.75 Å². The van der Waals surface area contributed by atoms with Crippen LogP contribution < -0.4 is 4.74 Å². The maximum absolute atomic E-state index is 12.6. The zero-order chi connectivity index (χ0) is 24.0. The van der Waals surface area contributed by atoms with Crippen LogP contribution in [0.4, 0.5) is 5.69 Å². The van der Waals surface area contributed by atoms with E-state index in [1.807, 2.05) is 85.1 Å². The molecule has 1 heterocycles. The molecule has 35 heavy (non-hydrogen) atoms. The van der Waals surface area contributed by atoms with Gasteiger partial charge in [0, 0.05) is 22.4 Å². The lowest BCUT2D eigenvalue weighted by Crippen LogP contribution is -2.09. The molecule has 0 atom stereocenters. The van der Waals surface area contributed by atoms with Crippen LogP contribution in [0, 0.1) is 0 Å². The molecular formula is C29H20ClN3O2. The molecule has 0 spiro atoms. The minimum atomic E-state index is -0.426. The first-order valence-electron chi connectivity index (χ1n) is 11.0. The van der Waals surface area contributed by atoms with Gasteiger partial charge in [-0.25, -0.2) is 9.48 Å². The minimum absolute atomic E-state index is 0.425. The van der Waals surface area contributed by atoms with Gasteiger partial charge in [0.15, 0.2) is 0 Å². The Morgan fingerprint density at radius 1 is 0.829 bits per heavy atom. The minimum Gasteiger partial charge on any atom is -0.422 e. The van der Waals surface area contributed by atoms with Crippen molar-refractivity contribution in [3.8, 4) is 22.7 Å². The van der Waals surface area contributed by atoms with E-state index in [0.29, 0.717) is 33.3 Å². The summed E-state index contributed by atoms with van der Waals surface area (Å²) < 4.78 is 7.45. The molecule has 0 saturated heterocycles. The van der Waals surface area contributed by atoms with Crippen LogP contribution in [0.15, 0.2) is 120 Å². The molecule has 6 heteroatoms. The summed E-state index contributed by atoms with van der Waals surface area (Å²) in [5, 5.41) is 5.43. The molecule has 0 amide bonds. The normalized spacial score (nSPS) is 11.0. The molecule has 5 rings (SSSR count). The number of esters is 1. The second-order valence-electron chi connectivity index (χ2n) is 7.70. The maximum atomic E-state index is 12.6. The summed E-state index contributed by atoms with van der Waals surface area (Å²) in [5.41, 5.74) is 4.34. The van der Waals surface area contributed by atoms with Gasteiger partial charge in [-0.3, -0.25) is 4.99 Å². The van der Waals surface area contributed by atoms with E-state index in [1.54, 1.807) is 41.2 Å². The van der Waals surface area contributed by atoms with Gasteiger partial charge in [0.05, 0.1) is 17.4 Å². The van der Waals surface area contributed by atoms with Crippen LogP contribution in [0.3, 0.4) is 0 Å². The highest BCUT2D eigenvalue weighted by atomic mass is 35.5. The molecule has 0 unspecified atom stereocenters. The number of hydrogen-bond acceptors (Lipinski definition) is 4. The third-order valence-corrected chi connectivity index (χ3v) is 5.56. The van der Waals surface area contributed by atoms with Gasteiger partial charge >= 0.3 is 5.97 Å². The number of rotatable bonds is 6. The van der Waals surface area contributed by atoms with Gasteiger partial charge in [0.1, 0.15) is 17.1 Å². The van der Waals surface area contributed by atoms with Crippen molar-refractivity contribution in [3.05, 3.63) is 132 Å². The monoisotopic (exact) mass is 477 g/mol. The van der Waals surface area contributed by atoms with Gasteiger partial charge in [0.2, 0.25) is 0 Å². The van der Waals surface area contributed by atoms with E-state index in [9.17, 15) is 4.79 Å². The first kappa shape index (κ1) is 22.3. The highest BCUT2D eigenvalue weighted by molar-refractivity contribution is 6.30. The van der Waals surface area contributed by atoms with Crippen molar-refractivity contribution in [2.24, 2.45) is 4.99 Å². The Labute approximate surface area is 207 Å². The average molecular weight is 478 g/mol. The van der Waals surface area contributed by atoms with Crippen molar-refractivity contribution in [2.75, 3.05) is 0 Å². The van der Waals surface area contributed by atoms with E-state index >= 15 is 0 Å². The van der Waals surface area contributed by atoms with E-state index in [4.69, 9.17) is 26.4 Å². The smallest absolute Gasteiger partial charge is 0.343 e. The fourth-order valence-corrected chi connectivity index (χ4v) is 3.66. The Hall–Kier alpha value is -4.48. The van der Waals surface area contributed by atoms with Crippen LogP contribution in [0.2, 0.25) is 5.02 Å². The fourth-order valence-electron chi connectivity index (χ4n) is 3.54. The standard InChI is InChI=1S/C29H20ClN3O2/c30-24-17-15-21(16-18-24)28-26(20-33(32-28)25-12-5-2-6-13-25)31-19-23-11-7-8-14-27(23)35-29(34)22-9-3-1-4-10-22/h1-20H. The van der Waals surface area contributed by atoms with E-state index < -0.39 is 5.97 Å². The van der Waals surface area contributed by atoms with E-state index in [-0.39, 0.29) is 0 Å². The second kappa shape index (κ2) is 10.2. The molecule has 5 nitrogen and oxygen atoms in total. The van der Waals surface area contributed by atoms with Crippen LogP contribution in [0.25, 0.3) is 16.9 Å². The SMILES string of the molecule is O=C(Oc1ccccc1C=Nc1cn(-c2ccccc2)nc1-c1ccc(Cl)cc1)c1ccccc1. The second-order valence-corrected chi connectivity index (χ2v) is 8.14. The number of aliphatic imine (C=N–C) groups is 1. The molecule has 1 aromatic heterocycles. The third kappa shape index (κ3) is 5.21. The Morgan fingerprint density at radius 3 is 2.23 bits per heavy atom. The molecule has 0 radical (unpaired) electrons. The Morgan fingerprint density at radius 2 is 1.49 bits per heavy atom. The zero-order valence-electron chi connectivity index (χ0n) is 18.6. The Kier molecular flexibility index (Phi) is 6.50. The lowest BCUT2D eigenvalue weighted by atomic mass is 10.1. The summed E-state index contributed by atoms with van der Waals surface area (Å²) in [6.07, 6.45) is 3.55. The van der Waals surface area contributed by atoms with Crippen LogP contribution in [0.1, 0.15) is 15.9 Å². The molecule has 0 fully saturated rings. The van der Waals surface area contributed by atoms with Crippen molar-refractivity contribution in [1.82, 2.24) is 9.78 Å². The third-order valence-electron chi connectivity index (χ3n) is 5.31. The van der Waals surface area contributed by atoms with Gasteiger partial charge in [-0.05, 0) is 48.5 Å². The number of benzene rings is 4. The average Bonchev–Trinajstić information content (AvgIpc) is 3.34.